The topological polar surface area (TPSA) is 80.2 Å². The minimum Gasteiger partial charge on any atom is -0.338 e. The number of nitrogens with one attached hydrogen (secondary N) is 1. The van der Waals surface area contributed by atoms with E-state index in [1.165, 1.54) is 5.56 Å². The Hall–Kier alpha value is -1.76. The van der Waals surface area contributed by atoms with Crippen molar-refractivity contribution in [1.82, 2.24) is 20.4 Å². The first-order valence-corrected chi connectivity index (χ1v) is 6.90. The van der Waals surface area contributed by atoms with E-state index in [2.05, 4.69) is 32.5 Å². The molecule has 106 valence electrons. The molecule has 1 aromatic heterocycles. The highest BCUT2D eigenvalue weighted by Gasteiger charge is 2.11. The van der Waals surface area contributed by atoms with Gasteiger partial charge in [-0.1, -0.05) is 29.4 Å². The van der Waals surface area contributed by atoms with Crippen molar-refractivity contribution in [2.75, 3.05) is 26.2 Å². The largest absolute Gasteiger partial charge is 0.338 e. The van der Waals surface area contributed by atoms with Crippen LogP contribution in [0.15, 0.2) is 28.8 Å². The molecule has 0 spiro atoms. The molecular formula is C14H19N5O. The van der Waals surface area contributed by atoms with Crippen LogP contribution < -0.4 is 11.1 Å². The summed E-state index contributed by atoms with van der Waals surface area (Å²) in [5.74, 6) is 1.06. The first-order valence-electron chi connectivity index (χ1n) is 6.90. The predicted molar refractivity (Wildman–Crippen MR) is 75.8 cm³/mol. The lowest BCUT2D eigenvalue weighted by Gasteiger charge is -2.27. The van der Waals surface area contributed by atoms with Crippen molar-refractivity contribution < 1.29 is 4.52 Å². The third kappa shape index (κ3) is 3.04. The van der Waals surface area contributed by atoms with E-state index in [1.807, 2.05) is 12.1 Å². The van der Waals surface area contributed by atoms with Crippen LogP contribution in [0.2, 0.25) is 0 Å². The molecule has 3 N–H and O–H groups in total. The van der Waals surface area contributed by atoms with Crippen molar-refractivity contribution in [3.8, 4) is 11.4 Å². The first-order chi connectivity index (χ1) is 9.85. The Labute approximate surface area is 118 Å². The van der Waals surface area contributed by atoms with Gasteiger partial charge in [-0.05, 0) is 5.56 Å². The van der Waals surface area contributed by atoms with E-state index < -0.39 is 0 Å². The van der Waals surface area contributed by atoms with Crippen molar-refractivity contribution >= 4 is 0 Å². The van der Waals surface area contributed by atoms with E-state index in [9.17, 15) is 0 Å². The number of rotatable bonds is 4. The maximum absolute atomic E-state index is 5.46. The van der Waals surface area contributed by atoms with Gasteiger partial charge in [-0.3, -0.25) is 4.90 Å². The summed E-state index contributed by atoms with van der Waals surface area (Å²) < 4.78 is 5.02. The molecule has 1 fully saturated rings. The van der Waals surface area contributed by atoms with Gasteiger partial charge in [0.2, 0.25) is 11.7 Å². The Balaban J connectivity index is 1.67. The van der Waals surface area contributed by atoms with E-state index in [0.29, 0.717) is 11.7 Å². The van der Waals surface area contributed by atoms with E-state index >= 15 is 0 Å². The van der Waals surface area contributed by atoms with Gasteiger partial charge >= 0.3 is 0 Å². The Morgan fingerprint density at radius 2 is 1.95 bits per heavy atom. The summed E-state index contributed by atoms with van der Waals surface area (Å²) >= 11 is 0. The zero-order valence-electron chi connectivity index (χ0n) is 11.4. The molecule has 2 aromatic rings. The van der Waals surface area contributed by atoms with E-state index in [1.54, 1.807) is 0 Å². The number of piperazine rings is 1. The second-order valence-corrected chi connectivity index (χ2v) is 4.94. The lowest BCUT2D eigenvalue weighted by molar-refractivity contribution is 0.233. The zero-order chi connectivity index (χ0) is 13.8. The summed E-state index contributed by atoms with van der Waals surface area (Å²) in [4.78, 5) is 6.67. The molecular weight excluding hydrogens is 254 g/mol. The van der Waals surface area contributed by atoms with Gasteiger partial charge in [-0.15, -0.1) is 0 Å². The van der Waals surface area contributed by atoms with Crippen LogP contribution in [-0.4, -0.2) is 41.2 Å². The lowest BCUT2D eigenvalue weighted by atomic mass is 10.1. The third-order valence-corrected chi connectivity index (χ3v) is 3.47. The average Bonchev–Trinajstić information content (AvgIpc) is 2.98. The van der Waals surface area contributed by atoms with Crippen molar-refractivity contribution in [1.29, 1.82) is 0 Å². The van der Waals surface area contributed by atoms with Crippen molar-refractivity contribution in [2.24, 2.45) is 5.73 Å². The first kappa shape index (κ1) is 13.2. The van der Waals surface area contributed by atoms with Crippen molar-refractivity contribution in [3.63, 3.8) is 0 Å². The molecule has 0 atom stereocenters. The van der Waals surface area contributed by atoms with Crippen molar-refractivity contribution in [2.45, 2.75) is 13.1 Å². The Bertz CT molecular complexity index is 545. The van der Waals surface area contributed by atoms with Crippen LogP contribution in [0.4, 0.5) is 0 Å². The molecule has 6 nitrogen and oxygen atoms in total. The second-order valence-electron chi connectivity index (χ2n) is 4.94. The normalized spacial score (nSPS) is 16.4. The summed E-state index contributed by atoms with van der Waals surface area (Å²) in [6.07, 6.45) is 0. The fraction of sp³-hybridized carbons (Fsp3) is 0.429. The SMILES string of the molecule is NCc1nc(-c2ccc(CN3CCNCC3)cc2)no1. The van der Waals surface area contributed by atoms with Gasteiger partial charge in [0.1, 0.15) is 0 Å². The maximum Gasteiger partial charge on any atom is 0.240 e. The molecule has 0 saturated carbocycles. The standard InChI is InChI=1S/C14H19N5O/c15-9-13-17-14(18-20-13)12-3-1-11(2-4-12)10-19-7-5-16-6-8-19/h1-4,16H,5-10,15H2. The summed E-state index contributed by atoms with van der Waals surface area (Å²) in [5.41, 5.74) is 7.72. The Morgan fingerprint density at radius 3 is 2.60 bits per heavy atom. The number of nitrogens with two attached hydrogens (primary N) is 1. The van der Waals surface area contributed by atoms with Crippen LogP contribution in [0.1, 0.15) is 11.5 Å². The van der Waals surface area contributed by atoms with Gasteiger partial charge < -0.3 is 15.6 Å². The van der Waals surface area contributed by atoms with Gasteiger partial charge in [-0.25, -0.2) is 0 Å². The molecule has 1 aromatic carbocycles. The van der Waals surface area contributed by atoms with Crippen LogP contribution in [-0.2, 0) is 13.1 Å². The quantitative estimate of drug-likeness (QED) is 0.849. The fourth-order valence-corrected chi connectivity index (χ4v) is 2.34. The average molecular weight is 273 g/mol. The molecule has 6 heteroatoms. The van der Waals surface area contributed by atoms with Gasteiger partial charge in [0.15, 0.2) is 0 Å². The Kier molecular flexibility index (Phi) is 4.05. The summed E-state index contributed by atoms with van der Waals surface area (Å²) in [6.45, 7) is 5.61. The monoisotopic (exact) mass is 273 g/mol. The number of benzene rings is 1. The van der Waals surface area contributed by atoms with Gasteiger partial charge in [-0.2, -0.15) is 4.98 Å². The van der Waals surface area contributed by atoms with E-state index in [4.69, 9.17) is 10.3 Å². The number of aromatic nitrogens is 2. The summed E-state index contributed by atoms with van der Waals surface area (Å²) in [7, 11) is 0. The number of hydrogen-bond donors (Lipinski definition) is 2. The van der Waals surface area contributed by atoms with Gasteiger partial charge in [0, 0.05) is 38.3 Å². The molecule has 0 radical (unpaired) electrons. The highest BCUT2D eigenvalue weighted by Crippen LogP contribution is 2.17. The molecule has 1 aliphatic rings. The van der Waals surface area contributed by atoms with Gasteiger partial charge in [0.25, 0.3) is 0 Å². The van der Waals surface area contributed by atoms with E-state index in [-0.39, 0.29) is 6.54 Å². The molecule has 3 rings (SSSR count). The smallest absolute Gasteiger partial charge is 0.240 e. The minimum absolute atomic E-state index is 0.272. The third-order valence-electron chi connectivity index (χ3n) is 3.47. The predicted octanol–water partition coefficient (Wildman–Crippen LogP) is 0.600. The molecule has 0 aliphatic carbocycles. The number of hydrogen-bond acceptors (Lipinski definition) is 6. The molecule has 0 amide bonds. The van der Waals surface area contributed by atoms with Gasteiger partial charge in [0.05, 0.1) is 6.54 Å². The van der Waals surface area contributed by atoms with Crippen LogP contribution in [0.5, 0.6) is 0 Å². The molecule has 1 aliphatic heterocycles. The molecule has 1 saturated heterocycles. The zero-order valence-corrected chi connectivity index (χ0v) is 11.4. The molecule has 20 heavy (non-hydrogen) atoms. The maximum atomic E-state index is 5.46. The highest BCUT2D eigenvalue weighted by molar-refractivity contribution is 5.54. The summed E-state index contributed by atoms with van der Waals surface area (Å²) in [5, 5.41) is 7.28. The number of nitrogens with zero attached hydrogens (tertiary/aromatic N) is 3. The molecule has 0 bridgehead atoms. The second kappa shape index (κ2) is 6.13. The minimum atomic E-state index is 0.272. The van der Waals surface area contributed by atoms with Crippen LogP contribution >= 0.6 is 0 Å². The van der Waals surface area contributed by atoms with Crippen molar-refractivity contribution in [3.05, 3.63) is 35.7 Å². The summed E-state index contributed by atoms with van der Waals surface area (Å²) in [6, 6.07) is 8.30. The molecule has 2 heterocycles. The molecule has 0 unspecified atom stereocenters. The van der Waals surface area contributed by atoms with Crippen LogP contribution in [0.25, 0.3) is 11.4 Å². The lowest BCUT2D eigenvalue weighted by Crippen LogP contribution is -2.42. The highest BCUT2D eigenvalue weighted by atomic mass is 16.5. The van der Waals surface area contributed by atoms with E-state index in [0.717, 1.165) is 38.3 Å². The Morgan fingerprint density at radius 1 is 1.20 bits per heavy atom. The fourth-order valence-electron chi connectivity index (χ4n) is 2.34. The van der Waals surface area contributed by atoms with Crippen LogP contribution in [0.3, 0.4) is 0 Å². The van der Waals surface area contributed by atoms with Crippen LogP contribution in [0, 0.1) is 0 Å².